The number of rotatable bonds is 6. The summed E-state index contributed by atoms with van der Waals surface area (Å²) in [5, 5.41) is 14.4. The minimum atomic E-state index is 0.669. The molecule has 0 radical (unpaired) electrons. The lowest BCUT2D eigenvalue weighted by atomic mass is 9.94. The summed E-state index contributed by atoms with van der Waals surface area (Å²) in [5.74, 6) is 1.75. The molecule has 0 amide bonds. The van der Waals surface area contributed by atoms with Gasteiger partial charge in [-0.15, -0.1) is 5.10 Å². The highest BCUT2D eigenvalue weighted by Crippen LogP contribution is 2.33. The van der Waals surface area contributed by atoms with Crippen LogP contribution >= 0.6 is 0 Å². The van der Waals surface area contributed by atoms with E-state index >= 15 is 0 Å². The van der Waals surface area contributed by atoms with Crippen LogP contribution in [-0.2, 0) is 13.0 Å². The topological polar surface area (TPSA) is 85.2 Å². The minimum absolute atomic E-state index is 0.669. The summed E-state index contributed by atoms with van der Waals surface area (Å²) in [4.78, 5) is 9.37. The normalized spacial score (nSPS) is 11.3. The highest BCUT2D eigenvalue weighted by atomic mass is 15.5. The first-order valence-electron chi connectivity index (χ1n) is 10.5. The Labute approximate surface area is 180 Å². The van der Waals surface area contributed by atoms with Crippen molar-refractivity contribution in [3.8, 4) is 22.5 Å². The Hall–Kier alpha value is -3.87. The van der Waals surface area contributed by atoms with Crippen molar-refractivity contribution in [2.45, 2.75) is 33.2 Å². The fourth-order valence-electron chi connectivity index (χ4n) is 4.07. The molecule has 5 aromatic rings. The van der Waals surface area contributed by atoms with Crippen molar-refractivity contribution in [2.24, 2.45) is 0 Å². The Balaban J connectivity index is 1.51. The lowest BCUT2D eigenvalue weighted by Crippen LogP contribution is -2.06. The summed E-state index contributed by atoms with van der Waals surface area (Å²) < 4.78 is 2.23. The zero-order valence-corrected chi connectivity index (χ0v) is 17.6. The van der Waals surface area contributed by atoms with Gasteiger partial charge < -0.3 is 4.57 Å². The van der Waals surface area contributed by atoms with Crippen molar-refractivity contribution in [1.29, 1.82) is 0 Å². The minimum Gasteiger partial charge on any atom is -0.308 e. The molecule has 0 bridgehead atoms. The summed E-state index contributed by atoms with van der Waals surface area (Å²) in [7, 11) is 0. The summed E-state index contributed by atoms with van der Waals surface area (Å²) in [6, 6.07) is 18.8. The quantitative estimate of drug-likeness (QED) is 0.443. The molecule has 7 heteroatoms. The highest BCUT2D eigenvalue weighted by Gasteiger charge is 2.14. The average Bonchev–Trinajstić information content (AvgIpc) is 3.44. The van der Waals surface area contributed by atoms with E-state index in [2.05, 4.69) is 74.4 Å². The van der Waals surface area contributed by atoms with E-state index in [9.17, 15) is 0 Å². The predicted octanol–water partition coefficient (Wildman–Crippen LogP) is 4.59. The second kappa shape index (κ2) is 8.10. The van der Waals surface area contributed by atoms with Gasteiger partial charge in [-0.1, -0.05) is 49.4 Å². The standard InChI is InChI=1S/C24H23N7/c1-3-6-21-26-20-9-5-14-25-24(20)31(21)15-17-10-12-18(13-11-17)22-16(2)7-4-8-19(22)23-27-29-30-28-23/h4-5,7-14H,3,6,15H2,1-2H3,(H,27,28,29,30). The third-order valence-electron chi connectivity index (χ3n) is 5.51. The van der Waals surface area contributed by atoms with Crippen LogP contribution in [0, 0.1) is 6.92 Å². The maximum Gasteiger partial charge on any atom is 0.180 e. The summed E-state index contributed by atoms with van der Waals surface area (Å²) >= 11 is 0. The molecule has 31 heavy (non-hydrogen) atoms. The Morgan fingerprint density at radius 3 is 2.65 bits per heavy atom. The molecule has 0 saturated heterocycles. The van der Waals surface area contributed by atoms with Crippen molar-refractivity contribution < 1.29 is 0 Å². The van der Waals surface area contributed by atoms with Crippen molar-refractivity contribution >= 4 is 11.2 Å². The summed E-state index contributed by atoms with van der Waals surface area (Å²) in [5.41, 5.74) is 7.54. The molecule has 2 aromatic carbocycles. The molecule has 7 nitrogen and oxygen atoms in total. The SMILES string of the molecule is CCCc1nc2cccnc2n1Cc1ccc(-c2c(C)cccc2-c2nnn[nH]2)cc1. The lowest BCUT2D eigenvalue weighted by molar-refractivity contribution is 0.717. The van der Waals surface area contributed by atoms with E-state index < -0.39 is 0 Å². The van der Waals surface area contributed by atoms with Gasteiger partial charge >= 0.3 is 0 Å². The third-order valence-corrected chi connectivity index (χ3v) is 5.51. The van der Waals surface area contributed by atoms with Gasteiger partial charge in [-0.2, -0.15) is 0 Å². The number of aromatic nitrogens is 7. The monoisotopic (exact) mass is 409 g/mol. The number of benzene rings is 2. The number of hydrogen-bond acceptors (Lipinski definition) is 5. The zero-order chi connectivity index (χ0) is 21.2. The van der Waals surface area contributed by atoms with E-state index in [4.69, 9.17) is 4.98 Å². The molecule has 1 N–H and O–H groups in total. The molecular formula is C24H23N7. The van der Waals surface area contributed by atoms with Crippen LogP contribution in [0.5, 0.6) is 0 Å². The molecular weight excluding hydrogens is 386 g/mol. The number of nitrogens with one attached hydrogen (secondary N) is 1. The molecule has 0 saturated carbocycles. The van der Waals surface area contributed by atoms with Crippen LogP contribution in [0.2, 0.25) is 0 Å². The first-order valence-corrected chi connectivity index (χ1v) is 10.5. The summed E-state index contributed by atoms with van der Waals surface area (Å²) in [6.07, 6.45) is 3.82. The second-order valence-corrected chi connectivity index (χ2v) is 7.65. The largest absolute Gasteiger partial charge is 0.308 e. The maximum atomic E-state index is 4.79. The number of nitrogens with zero attached hydrogens (tertiary/aromatic N) is 6. The number of aryl methyl sites for hydroxylation is 2. The number of imidazole rings is 1. The number of H-pyrrole nitrogens is 1. The number of aromatic amines is 1. The van der Waals surface area contributed by atoms with Crippen LogP contribution in [0.4, 0.5) is 0 Å². The molecule has 5 rings (SSSR count). The van der Waals surface area contributed by atoms with E-state index in [1.165, 1.54) is 11.1 Å². The van der Waals surface area contributed by atoms with E-state index in [0.717, 1.165) is 53.1 Å². The van der Waals surface area contributed by atoms with Crippen LogP contribution in [0.1, 0.15) is 30.3 Å². The molecule has 154 valence electrons. The fraction of sp³-hybridized carbons (Fsp3) is 0.208. The van der Waals surface area contributed by atoms with Gasteiger partial charge in [-0.05, 0) is 58.2 Å². The van der Waals surface area contributed by atoms with Crippen molar-refractivity contribution in [2.75, 3.05) is 0 Å². The average molecular weight is 409 g/mol. The van der Waals surface area contributed by atoms with Gasteiger partial charge in [0, 0.05) is 18.2 Å². The van der Waals surface area contributed by atoms with E-state index in [1.54, 1.807) is 0 Å². The van der Waals surface area contributed by atoms with Crippen LogP contribution in [-0.4, -0.2) is 35.2 Å². The molecule has 0 aliphatic heterocycles. The molecule has 3 aromatic heterocycles. The Morgan fingerprint density at radius 2 is 1.87 bits per heavy atom. The smallest absolute Gasteiger partial charge is 0.180 e. The van der Waals surface area contributed by atoms with Gasteiger partial charge in [-0.3, -0.25) is 0 Å². The van der Waals surface area contributed by atoms with Crippen molar-refractivity contribution in [3.63, 3.8) is 0 Å². The zero-order valence-electron chi connectivity index (χ0n) is 17.6. The van der Waals surface area contributed by atoms with Gasteiger partial charge in [0.15, 0.2) is 11.5 Å². The van der Waals surface area contributed by atoms with Crippen LogP contribution in [0.15, 0.2) is 60.8 Å². The molecule has 0 atom stereocenters. The first-order chi connectivity index (χ1) is 15.2. The second-order valence-electron chi connectivity index (χ2n) is 7.65. The number of fused-ring (bicyclic) bond motifs is 1. The maximum absolute atomic E-state index is 4.79. The third kappa shape index (κ3) is 3.59. The van der Waals surface area contributed by atoms with Gasteiger partial charge in [0.2, 0.25) is 0 Å². The van der Waals surface area contributed by atoms with E-state index in [-0.39, 0.29) is 0 Å². The number of pyridine rings is 1. The Kier molecular flexibility index (Phi) is 5.00. The number of tetrazole rings is 1. The molecule has 0 fully saturated rings. The van der Waals surface area contributed by atoms with Crippen molar-refractivity contribution in [3.05, 3.63) is 77.7 Å². The van der Waals surface area contributed by atoms with Crippen LogP contribution in [0.25, 0.3) is 33.7 Å². The molecule has 0 aliphatic carbocycles. The summed E-state index contributed by atoms with van der Waals surface area (Å²) in [6.45, 7) is 5.03. The Bertz CT molecular complexity index is 1320. The molecule has 0 spiro atoms. The van der Waals surface area contributed by atoms with E-state index in [1.807, 2.05) is 30.5 Å². The Morgan fingerprint density at radius 1 is 1.00 bits per heavy atom. The van der Waals surface area contributed by atoms with E-state index in [0.29, 0.717) is 5.82 Å². The lowest BCUT2D eigenvalue weighted by Gasteiger charge is -2.13. The van der Waals surface area contributed by atoms with Gasteiger partial charge in [0.25, 0.3) is 0 Å². The van der Waals surface area contributed by atoms with Crippen molar-refractivity contribution in [1.82, 2.24) is 35.2 Å². The van der Waals surface area contributed by atoms with Gasteiger partial charge in [0.1, 0.15) is 11.3 Å². The first kappa shape index (κ1) is 19.1. The molecule has 0 unspecified atom stereocenters. The predicted molar refractivity (Wildman–Crippen MR) is 120 cm³/mol. The number of hydrogen-bond donors (Lipinski definition) is 1. The molecule has 0 aliphatic rings. The fourth-order valence-corrected chi connectivity index (χ4v) is 4.07. The van der Waals surface area contributed by atoms with Crippen LogP contribution in [0.3, 0.4) is 0 Å². The highest BCUT2D eigenvalue weighted by molar-refractivity contribution is 5.83. The van der Waals surface area contributed by atoms with Crippen LogP contribution < -0.4 is 0 Å². The van der Waals surface area contributed by atoms with Gasteiger partial charge in [-0.25, -0.2) is 15.1 Å². The van der Waals surface area contributed by atoms with Gasteiger partial charge in [0.05, 0.1) is 6.54 Å². The molecule has 3 heterocycles.